The van der Waals surface area contributed by atoms with Gasteiger partial charge in [-0.2, -0.15) is 0 Å². The summed E-state index contributed by atoms with van der Waals surface area (Å²) in [5, 5.41) is 2.48. The van der Waals surface area contributed by atoms with Gasteiger partial charge in [0.15, 0.2) is 11.6 Å². The third-order valence-electron chi connectivity index (χ3n) is 2.71. The van der Waals surface area contributed by atoms with Crippen LogP contribution in [-0.4, -0.2) is 11.7 Å². The van der Waals surface area contributed by atoms with Gasteiger partial charge in [0.2, 0.25) is 5.91 Å². The molecule has 2 aromatic carbocycles. The Morgan fingerprint density at radius 3 is 2.55 bits per heavy atom. The molecule has 0 atom stereocenters. The molecule has 1 amide bonds. The van der Waals surface area contributed by atoms with E-state index in [9.17, 15) is 18.0 Å². The summed E-state index contributed by atoms with van der Waals surface area (Å²) in [7, 11) is 0. The molecule has 0 aromatic heterocycles. The predicted molar refractivity (Wildman–Crippen MR) is 85.2 cm³/mol. The van der Waals surface area contributed by atoms with Crippen LogP contribution in [0.5, 0.6) is 0 Å². The fraction of sp³-hybridized carbons (Fsp3) is 0.133. The molecule has 1 N–H and O–H groups in total. The Kier molecular flexibility index (Phi) is 5.90. The summed E-state index contributed by atoms with van der Waals surface area (Å²) in [6.07, 6.45) is 0. The number of anilines is 1. The molecular formula is C15H11BrF3NOS. The van der Waals surface area contributed by atoms with Gasteiger partial charge in [0.1, 0.15) is 5.82 Å². The van der Waals surface area contributed by atoms with E-state index in [1.165, 1.54) is 30.0 Å². The van der Waals surface area contributed by atoms with Crippen molar-refractivity contribution in [2.24, 2.45) is 0 Å². The molecule has 0 heterocycles. The zero-order chi connectivity index (χ0) is 16.1. The average molecular weight is 390 g/mol. The maximum atomic E-state index is 13.0. The number of hydrogen-bond acceptors (Lipinski definition) is 2. The van der Waals surface area contributed by atoms with Gasteiger partial charge >= 0.3 is 0 Å². The van der Waals surface area contributed by atoms with Crippen molar-refractivity contribution < 1.29 is 18.0 Å². The molecule has 2 rings (SSSR count). The van der Waals surface area contributed by atoms with Crippen molar-refractivity contribution in [3.8, 4) is 0 Å². The van der Waals surface area contributed by atoms with Gasteiger partial charge in [0, 0.05) is 22.0 Å². The third kappa shape index (κ3) is 4.78. The molecule has 2 aromatic rings. The minimum Gasteiger partial charge on any atom is -0.325 e. The fourth-order valence-electron chi connectivity index (χ4n) is 1.66. The van der Waals surface area contributed by atoms with Gasteiger partial charge < -0.3 is 5.32 Å². The molecule has 0 radical (unpaired) electrons. The first kappa shape index (κ1) is 16.9. The summed E-state index contributed by atoms with van der Waals surface area (Å²) >= 11 is 4.58. The second-order valence-corrected chi connectivity index (χ2v) is 6.25. The number of benzene rings is 2. The van der Waals surface area contributed by atoms with Gasteiger partial charge in [-0.3, -0.25) is 4.79 Å². The van der Waals surface area contributed by atoms with Crippen LogP contribution < -0.4 is 5.32 Å². The smallest absolute Gasteiger partial charge is 0.234 e. The van der Waals surface area contributed by atoms with Crippen LogP contribution in [0, 0.1) is 17.5 Å². The van der Waals surface area contributed by atoms with Crippen molar-refractivity contribution in [2.45, 2.75) is 5.75 Å². The van der Waals surface area contributed by atoms with Crippen LogP contribution in [0.25, 0.3) is 0 Å². The number of carbonyl (C=O) groups excluding carboxylic acids is 1. The molecule has 0 spiro atoms. The van der Waals surface area contributed by atoms with Crippen LogP contribution >= 0.6 is 27.7 Å². The maximum Gasteiger partial charge on any atom is 0.234 e. The van der Waals surface area contributed by atoms with E-state index in [0.29, 0.717) is 10.2 Å². The van der Waals surface area contributed by atoms with Gasteiger partial charge in [0.25, 0.3) is 0 Å². The number of thioether (sulfide) groups is 1. The molecule has 0 aliphatic rings. The van der Waals surface area contributed by atoms with Crippen molar-refractivity contribution >= 4 is 39.3 Å². The van der Waals surface area contributed by atoms with E-state index in [2.05, 4.69) is 21.2 Å². The Morgan fingerprint density at radius 1 is 1.09 bits per heavy atom. The van der Waals surface area contributed by atoms with E-state index in [1.54, 1.807) is 6.07 Å². The number of amides is 1. The zero-order valence-electron chi connectivity index (χ0n) is 11.2. The minimum absolute atomic E-state index is 0.142. The highest BCUT2D eigenvalue weighted by molar-refractivity contribution is 9.10. The molecule has 0 saturated carbocycles. The number of nitrogens with one attached hydrogen (secondary N) is 1. The van der Waals surface area contributed by atoms with Crippen LogP contribution in [0.15, 0.2) is 40.9 Å². The van der Waals surface area contributed by atoms with Gasteiger partial charge in [-0.15, -0.1) is 11.8 Å². The van der Waals surface area contributed by atoms with Crippen LogP contribution in [0.2, 0.25) is 0 Å². The molecular weight excluding hydrogens is 379 g/mol. The lowest BCUT2D eigenvalue weighted by atomic mass is 10.2. The monoisotopic (exact) mass is 389 g/mol. The van der Waals surface area contributed by atoms with E-state index < -0.39 is 11.6 Å². The number of carbonyl (C=O) groups is 1. The molecule has 0 saturated heterocycles. The van der Waals surface area contributed by atoms with Crippen LogP contribution in [-0.2, 0) is 10.5 Å². The lowest BCUT2D eigenvalue weighted by molar-refractivity contribution is -0.113. The molecule has 0 aliphatic heterocycles. The molecule has 116 valence electrons. The topological polar surface area (TPSA) is 29.1 Å². The van der Waals surface area contributed by atoms with E-state index in [-0.39, 0.29) is 23.2 Å². The Labute approximate surface area is 138 Å². The Bertz CT molecular complexity index is 696. The second-order valence-electron chi connectivity index (χ2n) is 4.41. The lowest BCUT2D eigenvalue weighted by Gasteiger charge is -2.07. The molecule has 0 aliphatic carbocycles. The number of hydrogen-bond donors (Lipinski definition) is 1. The summed E-state index contributed by atoms with van der Waals surface area (Å²) < 4.78 is 39.4. The first-order chi connectivity index (χ1) is 10.5. The molecule has 2 nitrogen and oxygen atoms in total. The second kappa shape index (κ2) is 7.69. The van der Waals surface area contributed by atoms with Crippen LogP contribution in [0.3, 0.4) is 0 Å². The van der Waals surface area contributed by atoms with E-state index in [4.69, 9.17) is 0 Å². The fourth-order valence-corrected chi connectivity index (χ4v) is 3.17. The molecule has 0 unspecified atom stereocenters. The largest absolute Gasteiger partial charge is 0.325 e. The Morgan fingerprint density at radius 2 is 1.86 bits per heavy atom. The van der Waals surface area contributed by atoms with Crippen LogP contribution in [0.1, 0.15) is 5.56 Å². The first-order valence-electron chi connectivity index (χ1n) is 6.22. The minimum atomic E-state index is -1.01. The van der Waals surface area contributed by atoms with Crippen molar-refractivity contribution in [2.75, 3.05) is 11.1 Å². The van der Waals surface area contributed by atoms with Crippen molar-refractivity contribution in [3.05, 3.63) is 63.9 Å². The number of rotatable bonds is 5. The molecule has 22 heavy (non-hydrogen) atoms. The first-order valence-corrected chi connectivity index (χ1v) is 8.17. The van der Waals surface area contributed by atoms with E-state index >= 15 is 0 Å². The quantitative estimate of drug-likeness (QED) is 0.799. The lowest BCUT2D eigenvalue weighted by Crippen LogP contribution is -2.14. The summed E-state index contributed by atoms with van der Waals surface area (Å²) in [5.41, 5.74) is 1.07. The third-order valence-corrected chi connectivity index (χ3v) is 4.43. The highest BCUT2D eigenvalue weighted by atomic mass is 79.9. The standard InChI is InChI=1S/C15H11BrF3NOS/c16-12-5-10(17)2-1-9(12)7-22-8-15(21)20-11-3-4-13(18)14(19)6-11/h1-6H,7-8H2,(H,20,21). The maximum absolute atomic E-state index is 13.0. The predicted octanol–water partition coefficient (Wildman–Crippen LogP) is 4.74. The SMILES string of the molecule is O=C(CSCc1ccc(F)cc1Br)Nc1ccc(F)c(F)c1. The van der Waals surface area contributed by atoms with E-state index in [1.807, 2.05) is 0 Å². The van der Waals surface area contributed by atoms with Crippen molar-refractivity contribution in [1.82, 2.24) is 0 Å². The molecule has 7 heteroatoms. The number of halogens is 4. The summed E-state index contributed by atoms with van der Waals surface area (Å²) in [6, 6.07) is 7.51. The van der Waals surface area contributed by atoms with Crippen LogP contribution in [0.4, 0.5) is 18.9 Å². The summed E-state index contributed by atoms with van der Waals surface area (Å²) in [4.78, 5) is 11.7. The zero-order valence-corrected chi connectivity index (χ0v) is 13.6. The molecule has 0 fully saturated rings. The van der Waals surface area contributed by atoms with Gasteiger partial charge in [-0.05, 0) is 29.8 Å². The summed E-state index contributed by atoms with van der Waals surface area (Å²) in [6.45, 7) is 0. The highest BCUT2D eigenvalue weighted by Gasteiger charge is 2.07. The van der Waals surface area contributed by atoms with Gasteiger partial charge in [0.05, 0.1) is 5.75 Å². The normalized spacial score (nSPS) is 10.5. The Hall–Kier alpha value is -1.47. The van der Waals surface area contributed by atoms with Gasteiger partial charge in [-0.1, -0.05) is 22.0 Å². The van der Waals surface area contributed by atoms with Crippen molar-refractivity contribution in [1.29, 1.82) is 0 Å². The van der Waals surface area contributed by atoms with Crippen molar-refractivity contribution in [3.63, 3.8) is 0 Å². The Balaban J connectivity index is 1.83. The average Bonchev–Trinajstić information content (AvgIpc) is 2.45. The molecule has 0 bridgehead atoms. The highest BCUT2D eigenvalue weighted by Crippen LogP contribution is 2.23. The van der Waals surface area contributed by atoms with E-state index in [0.717, 1.165) is 17.7 Å². The van der Waals surface area contributed by atoms with Gasteiger partial charge in [-0.25, -0.2) is 13.2 Å². The summed E-state index contributed by atoms with van der Waals surface area (Å²) in [5.74, 6) is -1.98.